The fourth-order valence-corrected chi connectivity index (χ4v) is 5.64. The van der Waals surface area contributed by atoms with Gasteiger partial charge in [-0.1, -0.05) is 12.1 Å². The number of phenolic OH excluding ortho intramolecular Hbond substituents is 1. The maximum Gasteiger partial charge on any atom is 1.00 e. The second-order valence-corrected chi connectivity index (χ2v) is 12.1. The predicted molar refractivity (Wildman–Crippen MR) is 156 cm³/mol. The first-order valence-corrected chi connectivity index (χ1v) is 15.1. The molecule has 15 nitrogen and oxygen atoms in total. The van der Waals surface area contributed by atoms with Crippen molar-refractivity contribution in [2.75, 3.05) is 5.73 Å². The maximum atomic E-state index is 11.8. The maximum absolute atomic E-state index is 11.8. The number of non-ortho nitro benzene ring substituents is 1. The van der Waals surface area contributed by atoms with Crippen molar-refractivity contribution in [1.29, 1.82) is 0 Å². The molecule has 224 valence electrons. The van der Waals surface area contributed by atoms with Crippen LogP contribution >= 0.6 is 0 Å². The van der Waals surface area contributed by atoms with Gasteiger partial charge in [-0.25, -0.2) is 16.8 Å². The first kappa shape index (κ1) is 36.3. The minimum atomic E-state index is -4.92. The third-order valence-corrected chi connectivity index (χ3v) is 8.27. The average molecular weight is 648 g/mol. The Morgan fingerprint density at radius 3 is 1.85 bits per heavy atom. The van der Waals surface area contributed by atoms with E-state index in [4.69, 9.17) is 5.73 Å². The first-order chi connectivity index (χ1) is 20.6. The molecule has 46 heavy (non-hydrogen) atoms. The fraction of sp³-hybridized carbons (Fsp3) is 0.0370. The van der Waals surface area contributed by atoms with Gasteiger partial charge >= 0.3 is 37.7 Å². The normalized spacial score (nSPS) is 12.0. The Morgan fingerprint density at radius 1 is 0.717 bits per heavy atom. The molecule has 0 atom stereocenters. The molecule has 0 aliphatic carbocycles. The molecule has 0 unspecified atom stereocenters. The number of nitro benzene ring substituents is 1. The van der Waals surface area contributed by atoms with Gasteiger partial charge in [-0.2, -0.15) is 5.11 Å². The van der Waals surface area contributed by atoms with E-state index >= 15 is 0 Å². The number of anilines is 1. The number of hydrogen-bond donors (Lipinski definition) is 2. The smallest absolute Gasteiger partial charge is 0.744 e. The van der Waals surface area contributed by atoms with Gasteiger partial charge in [0.05, 0.1) is 37.2 Å². The molecule has 3 N–H and O–H groups in total. The van der Waals surface area contributed by atoms with Crippen LogP contribution in [0, 0.1) is 17.0 Å². The molecule has 19 heteroatoms. The number of fused-ring (bicyclic) bond motifs is 2. The summed E-state index contributed by atoms with van der Waals surface area (Å²) in [6.07, 6.45) is 0. The average Bonchev–Trinajstić information content (AvgIpc) is 2.96. The van der Waals surface area contributed by atoms with E-state index in [1.165, 1.54) is 61.5 Å². The van der Waals surface area contributed by atoms with Crippen LogP contribution in [0.25, 0.3) is 21.5 Å². The summed E-state index contributed by atoms with van der Waals surface area (Å²) in [6, 6.07) is 15.2. The van der Waals surface area contributed by atoms with Gasteiger partial charge < -0.3 is 19.9 Å². The Bertz CT molecular complexity index is 2300. The van der Waals surface area contributed by atoms with E-state index in [0.29, 0.717) is 11.1 Å². The Morgan fingerprint density at radius 2 is 1.26 bits per heavy atom. The molecular weight excluding hydrogens is 630 g/mol. The summed E-state index contributed by atoms with van der Waals surface area (Å²) in [6.45, 7) is 1.46. The molecule has 0 aromatic heterocycles. The summed E-state index contributed by atoms with van der Waals surface area (Å²) in [5, 5.41) is 38.4. The topological polar surface area (TPSA) is 253 Å². The zero-order valence-corrected chi connectivity index (χ0v) is 25.9. The first-order valence-electron chi connectivity index (χ1n) is 12.3. The summed E-state index contributed by atoms with van der Waals surface area (Å²) in [7, 11) is -9.79. The van der Waals surface area contributed by atoms with Crippen LogP contribution in [0.15, 0.2) is 103 Å². The van der Waals surface area contributed by atoms with Crippen molar-refractivity contribution < 1.29 is 73.7 Å². The molecule has 5 aromatic rings. The summed E-state index contributed by atoms with van der Waals surface area (Å²) in [5.41, 5.74) is 6.61. The van der Waals surface area contributed by atoms with E-state index < -0.39 is 40.7 Å². The van der Waals surface area contributed by atoms with Crippen molar-refractivity contribution in [2.24, 2.45) is 20.5 Å². The number of nitrogens with two attached hydrogens (primary N) is 1. The molecule has 0 spiro atoms. The van der Waals surface area contributed by atoms with Crippen LogP contribution < -0.4 is 43.5 Å². The number of rotatable bonds is 7. The standard InChI is InChI=1S/C27H20N6O9S2.2Li/c1-14-12-24(44(40,41)42)19-8-9-23(27(34)25(19)26(14)28)32-31-22-11-10-21(18-7-6-17(13-20(18)22)43(37,38)39)30-29-15-2-4-16(5-3-15)33(35)36;;/h2-13,34H,28H2,1H3,(H,37,38,39)(H,40,41,42);;/q;2*+1/p-2. The van der Waals surface area contributed by atoms with Gasteiger partial charge in [0.15, 0.2) is 5.75 Å². The van der Waals surface area contributed by atoms with Gasteiger partial charge in [0.25, 0.3) is 5.69 Å². The number of nitrogen functional groups attached to an aromatic ring is 1. The Balaban J connectivity index is 0.00000288. The molecule has 0 saturated heterocycles. The molecule has 0 aliphatic heterocycles. The van der Waals surface area contributed by atoms with Crippen molar-refractivity contribution in [1.82, 2.24) is 0 Å². The number of nitro groups is 1. The van der Waals surface area contributed by atoms with Crippen LogP contribution in [0.5, 0.6) is 5.75 Å². The number of azo groups is 2. The van der Waals surface area contributed by atoms with Crippen molar-refractivity contribution in [3.8, 4) is 5.75 Å². The van der Waals surface area contributed by atoms with E-state index in [-0.39, 0.29) is 87.9 Å². The number of aromatic hydroxyl groups is 1. The second kappa shape index (κ2) is 13.7. The van der Waals surface area contributed by atoms with Crippen LogP contribution in [-0.4, -0.2) is 36.0 Å². The summed E-state index contributed by atoms with van der Waals surface area (Å²) < 4.78 is 70.7. The van der Waals surface area contributed by atoms with E-state index in [1.54, 1.807) is 0 Å². The minimum Gasteiger partial charge on any atom is -0.744 e. The summed E-state index contributed by atoms with van der Waals surface area (Å²) in [5.74, 6) is -0.557. The van der Waals surface area contributed by atoms with Gasteiger partial charge in [0.1, 0.15) is 25.9 Å². The molecule has 0 heterocycles. The fourth-order valence-electron chi connectivity index (χ4n) is 4.38. The van der Waals surface area contributed by atoms with Crippen LogP contribution in [0.4, 0.5) is 34.1 Å². The Labute approximate surface area is 285 Å². The molecule has 0 saturated carbocycles. The van der Waals surface area contributed by atoms with E-state index in [0.717, 1.165) is 18.2 Å². The van der Waals surface area contributed by atoms with Crippen LogP contribution in [0.3, 0.4) is 0 Å². The number of phenols is 1. The minimum absolute atomic E-state index is 0. The predicted octanol–water partition coefficient (Wildman–Crippen LogP) is 0.144. The molecule has 5 aromatic carbocycles. The Kier molecular flexibility index (Phi) is 10.8. The molecule has 0 aliphatic rings. The number of nitrogens with zero attached hydrogens (tertiary/aromatic N) is 5. The monoisotopic (exact) mass is 648 g/mol. The number of aryl methyl sites for hydroxylation is 1. The molecule has 0 bridgehead atoms. The largest absolute Gasteiger partial charge is 1.00 e. The van der Waals surface area contributed by atoms with Crippen LogP contribution in [-0.2, 0) is 20.2 Å². The molecular formula is C27H18Li2N6O9S2. The summed E-state index contributed by atoms with van der Waals surface area (Å²) >= 11 is 0. The quantitative estimate of drug-likeness (QED) is 0.0603. The van der Waals surface area contributed by atoms with E-state index in [1.807, 2.05) is 0 Å². The van der Waals surface area contributed by atoms with Gasteiger partial charge in [-0.3, -0.25) is 10.1 Å². The van der Waals surface area contributed by atoms with Crippen molar-refractivity contribution >= 4 is 75.9 Å². The van der Waals surface area contributed by atoms with E-state index in [9.17, 15) is 41.2 Å². The SMILES string of the molecule is Cc1cc(S(=O)(=O)[O-])c2ccc(N=Nc3ccc(N=Nc4ccc([N+](=O)[O-])cc4)c4ccc(S(=O)(=O)[O-])cc34)c(O)c2c1N.[Li+].[Li+]. The van der Waals surface area contributed by atoms with Crippen molar-refractivity contribution in [3.63, 3.8) is 0 Å². The molecule has 0 fully saturated rings. The van der Waals surface area contributed by atoms with Gasteiger partial charge in [-0.15, -0.1) is 15.3 Å². The van der Waals surface area contributed by atoms with Crippen molar-refractivity contribution in [2.45, 2.75) is 16.7 Å². The van der Waals surface area contributed by atoms with Crippen LogP contribution in [0.2, 0.25) is 0 Å². The number of benzene rings is 5. The third kappa shape index (κ3) is 7.28. The number of hydrogen-bond acceptors (Lipinski definition) is 14. The summed E-state index contributed by atoms with van der Waals surface area (Å²) in [4.78, 5) is 9.18. The zero-order chi connectivity index (χ0) is 32.0. The molecule has 0 radical (unpaired) electrons. The third-order valence-electron chi connectivity index (χ3n) is 6.56. The second-order valence-electron chi connectivity index (χ2n) is 9.35. The molecule has 5 rings (SSSR count). The van der Waals surface area contributed by atoms with Gasteiger partial charge in [0, 0.05) is 34.0 Å². The Hall–Kier alpha value is -4.17. The molecule has 0 amide bonds. The van der Waals surface area contributed by atoms with E-state index in [2.05, 4.69) is 20.5 Å². The zero-order valence-electron chi connectivity index (χ0n) is 24.3. The van der Waals surface area contributed by atoms with Crippen molar-refractivity contribution in [3.05, 3.63) is 88.5 Å². The van der Waals surface area contributed by atoms with Gasteiger partial charge in [-0.05, 0) is 61.0 Å². The van der Waals surface area contributed by atoms with Crippen LogP contribution in [0.1, 0.15) is 5.56 Å². The van der Waals surface area contributed by atoms with Gasteiger partial charge in [0.2, 0.25) is 0 Å².